The van der Waals surface area contributed by atoms with Crippen molar-refractivity contribution in [3.63, 3.8) is 0 Å². The van der Waals surface area contributed by atoms with Crippen LogP contribution in [0.4, 0.5) is 47.3 Å². The first-order chi connectivity index (χ1) is 32.1. The highest BCUT2D eigenvalue weighted by Gasteiger charge is 2.52. The van der Waals surface area contributed by atoms with E-state index in [2.05, 4.69) is 35.2 Å². The number of anilines is 2. The van der Waals surface area contributed by atoms with Gasteiger partial charge in [0.2, 0.25) is 9.84 Å². The molecule has 5 aromatic rings. The molecule has 0 radical (unpaired) electrons. The fourth-order valence-corrected chi connectivity index (χ4v) is 8.68. The molecule has 26 heteroatoms. The van der Waals surface area contributed by atoms with Crippen LogP contribution in [0.3, 0.4) is 0 Å². The predicted molar refractivity (Wildman–Crippen MR) is 248 cm³/mol. The Balaban J connectivity index is 0.000000212. The number of hydrazone groups is 2. The zero-order valence-electron chi connectivity index (χ0n) is 35.8. The van der Waals surface area contributed by atoms with E-state index in [0.29, 0.717) is 25.8 Å². The maximum absolute atomic E-state index is 12.9. The maximum Gasteiger partial charge on any atom is 0.573 e. The fourth-order valence-electron chi connectivity index (χ4n) is 5.72. The molecule has 0 saturated heterocycles. The summed E-state index contributed by atoms with van der Waals surface area (Å²) < 4.78 is 107. The highest BCUT2D eigenvalue weighted by atomic mass is 35.5. The van der Waals surface area contributed by atoms with E-state index >= 15 is 0 Å². The summed E-state index contributed by atoms with van der Waals surface area (Å²) in [5.41, 5.74) is 1.75. The van der Waals surface area contributed by atoms with Crippen molar-refractivity contribution in [3.05, 3.63) is 153 Å². The lowest BCUT2D eigenvalue weighted by molar-refractivity contribution is -0.275. The van der Waals surface area contributed by atoms with Gasteiger partial charge in [-0.25, -0.2) is 22.8 Å². The normalized spacial score (nSPS) is 15.5. The summed E-state index contributed by atoms with van der Waals surface area (Å²) >= 11 is 18.7. The maximum atomic E-state index is 12.9. The van der Waals surface area contributed by atoms with Crippen molar-refractivity contribution in [2.45, 2.75) is 50.2 Å². The second kappa shape index (κ2) is 21.6. The van der Waals surface area contributed by atoms with Gasteiger partial charge in [0.15, 0.2) is 9.91 Å². The number of amides is 4. The van der Waals surface area contributed by atoms with Crippen molar-refractivity contribution in [2.24, 2.45) is 10.2 Å². The molecule has 5 aromatic carbocycles. The summed E-state index contributed by atoms with van der Waals surface area (Å²) in [6, 6.07) is 27.0. The summed E-state index contributed by atoms with van der Waals surface area (Å²) in [7, 11) is -4.02. The number of ether oxygens (including phenoxy) is 2. The van der Waals surface area contributed by atoms with E-state index in [-0.39, 0.29) is 27.6 Å². The number of carbonyl (C=O) groups is 3. The van der Waals surface area contributed by atoms with Crippen LogP contribution in [0, 0.1) is 0 Å². The van der Waals surface area contributed by atoms with E-state index in [1.54, 1.807) is 24.3 Å². The van der Waals surface area contributed by atoms with Crippen LogP contribution in [0.25, 0.3) is 0 Å². The lowest BCUT2D eigenvalue weighted by atomic mass is 10.2. The number of urea groups is 2. The number of thioether (sulfide) groups is 1. The first kappa shape index (κ1) is 53.7. The zero-order valence-corrected chi connectivity index (χ0v) is 39.7. The molecule has 0 aromatic heterocycles. The molecular formula is C43H35Cl3F6N6O9S2. The van der Waals surface area contributed by atoms with E-state index in [0.717, 1.165) is 34.8 Å². The topological polar surface area (TPSA) is 189 Å². The number of nitrogens with zero attached hydrogens (tertiary/aromatic N) is 4. The third-order valence-corrected chi connectivity index (χ3v) is 13.3. The molecule has 366 valence electrons. The van der Waals surface area contributed by atoms with E-state index in [1.807, 2.05) is 26.0 Å². The molecule has 15 nitrogen and oxygen atoms in total. The summed E-state index contributed by atoms with van der Waals surface area (Å²) in [5.74, 6) is -1.65. The predicted octanol–water partition coefficient (Wildman–Crippen LogP) is 12.5. The number of nitrogens with one attached hydrogen (secondary N) is 2. The van der Waals surface area contributed by atoms with Gasteiger partial charge in [-0.15, -0.1) is 26.3 Å². The van der Waals surface area contributed by atoms with E-state index in [4.69, 9.17) is 40.1 Å². The van der Waals surface area contributed by atoms with Gasteiger partial charge in [-0.1, -0.05) is 76.9 Å². The Morgan fingerprint density at radius 3 is 1.52 bits per heavy atom. The van der Waals surface area contributed by atoms with Crippen molar-refractivity contribution in [1.29, 1.82) is 0 Å². The standard InChI is InChI=1S/C18H15ClF3N3O4S.C18H15ClF3N3O2S.C7H5ClO3/c1-17(2)25(24-15(30(17,27)28)11-3-5-12(19)6-4-11)16(26)23-13-7-9-14(10-8-13)29-18(20,21)22;1-17(2)25(24-15(28-17)11-3-5-12(19)6-4-11)16(26)23-13-7-9-14(10-8-13)27-18(20,21)22;8-6-3-1-2-5(4-6)7(9)11-10/h3-10H,1-2H3,(H,23,26);3-10H,1-2H3,(H,23,26);1-4,10H. The lowest BCUT2D eigenvalue weighted by Gasteiger charge is -2.27. The summed E-state index contributed by atoms with van der Waals surface area (Å²) in [4.78, 5) is 37.1. The number of rotatable bonds is 7. The summed E-state index contributed by atoms with van der Waals surface area (Å²) in [6.07, 6.45) is -9.61. The number of benzene rings is 5. The second-order valence-corrected chi connectivity index (χ2v) is 20.1. The van der Waals surface area contributed by atoms with Crippen molar-refractivity contribution in [2.75, 3.05) is 10.6 Å². The van der Waals surface area contributed by atoms with Gasteiger partial charge in [-0.2, -0.15) is 25.5 Å². The van der Waals surface area contributed by atoms with E-state index in [1.165, 1.54) is 91.3 Å². The molecular weight excluding hydrogens is 1030 g/mol. The van der Waals surface area contributed by atoms with Crippen molar-refractivity contribution >= 4 is 95.9 Å². The van der Waals surface area contributed by atoms with Crippen LogP contribution >= 0.6 is 46.6 Å². The monoisotopic (exact) mass is 1060 g/mol. The van der Waals surface area contributed by atoms with Crippen LogP contribution in [0.5, 0.6) is 11.5 Å². The Bertz CT molecular complexity index is 2840. The summed E-state index contributed by atoms with van der Waals surface area (Å²) in [5, 5.41) is 25.2. The number of hydrogen-bond donors (Lipinski definition) is 3. The number of alkyl halides is 6. The molecule has 0 fully saturated rings. The van der Waals surface area contributed by atoms with E-state index < -0.39 is 56.1 Å². The zero-order chi connectivity index (χ0) is 51.1. The average molecular weight is 1060 g/mol. The van der Waals surface area contributed by atoms with Gasteiger partial charge >= 0.3 is 30.8 Å². The smallest absolute Gasteiger partial charge is 0.406 e. The molecule has 69 heavy (non-hydrogen) atoms. The van der Waals surface area contributed by atoms with Crippen LogP contribution in [-0.4, -0.2) is 74.3 Å². The van der Waals surface area contributed by atoms with Crippen LogP contribution < -0.4 is 20.1 Å². The van der Waals surface area contributed by atoms with Crippen LogP contribution in [0.2, 0.25) is 15.1 Å². The van der Waals surface area contributed by atoms with Gasteiger partial charge in [0.25, 0.3) is 0 Å². The summed E-state index contributed by atoms with van der Waals surface area (Å²) in [6.45, 7) is 6.30. The van der Waals surface area contributed by atoms with Crippen molar-refractivity contribution in [1.82, 2.24) is 10.0 Å². The van der Waals surface area contributed by atoms with Gasteiger partial charge in [-0.05, 0) is 119 Å². The van der Waals surface area contributed by atoms with Gasteiger partial charge in [0.05, 0.1) is 5.56 Å². The molecule has 7 rings (SSSR count). The third kappa shape index (κ3) is 14.4. The molecule has 2 aliphatic rings. The third-order valence-electron chi connectivity index (χ3n) is 9.05. The lowest BCUT2D eigenvalue weighted by Crippen LogP contribution is -2.48. The van der Waals surface area contributed by atoms with Crippen molar-refractivity contribution in [3.8, 4) is 11.5 Å². The Kier molecular flexibility index (Phi) is 16.8. The SMILES string of the molecule is CC1(C)N(C(=O)Nc2ccc(OC(F)(F)F)cc2)N=C(c2ccc(Cl)cc2)S1(=O)=O.CC1(C)SC(c2ccc(Cl)cc2)=NN1C(=O)Nc1ccc(OC(F)(F)F)cc1.O=C(OO)c1cccc(Cl)c1. The van der Waals surface area contributed by atoms with E-state index in [9.17, 15) is 49.1 Å². The highest BCUT2D eigenvalue weighted by Crippen LogP contribution is 2.40. The quantitative estimate of drug-likeness (QED) is 0.0804. The van der Waals surface area contributed by atoms with Crippen LogP contribution in [0.1, 0.15) is 49.2 Å². The Morgan fingerprint density at radius 1 is 0.638 bits per heavy atom. The Labute approximate surface area is 408 Å². The molecule has 0 unspecified atom stereocenters. The van der Waals surface area contributed by atoms with Crippen molar-refractivity contribution < 1.29 is 68.8 Å². The molecule has 3 N–H and O–H groups in total. The van der Waals surface area contributed by atoms with Crippen LogP contribution in [0.15, 0.2) is 132 Å². The first-order valence-corrected chi connectivity index (χ1v) is 22.7. The van der Waals surface area contributed by atoms with Gasteiger partial charge in [0.1, 0.15) is 21.4 Å². The molecule has 0 atom stereocenters. The minimum Gasteiger partial charge on any atom is -0.406 e. The molecule has 4 amide bonds. The van der Waals surface area contributed by atoms with Crippen LogP contribution in [-0.2, 0) is 14.7 Å². The average Bonchev–Trinajstić information content (AvgIpc) is 3.69. The molecule has 0 bridgehead atoms. The van der Waals surface area contributed by atoms with Gasteiger partial charge in [-0.3, -0.25) is 4.89 Å². The largest absolute Gasteiger partial charge is 0.573 e. The number of halogens is 9. The number of sulfone groups is 1. The van der Waals surface area contributed by atoms with Gasteiger partial charge < -0.3 is 20.1 Å². The fraction of sp³-hybridized carbons (Fsp3) is 0.186. The molecule has 0 saturated carbocycles. The minimum atomic E-state index is -4.84. The Hall–Kier alpha value is -6.24. The number of hydrogen-bond acceptors (Lipinski definition) is 12. The first-order valence-electron chi connectivity index (χ1n) is 19.3. The highest BCUT2D eigenvalue weighted by molar-refractivity contribution is 8.15. The van der Waals surface area contributed by atoms with Gasteiger partial charge in [0, 0.05) is 37.6 Å². The molecule has 0 spiro atoms. The molecule has 2 aliphatic heterocycles. The molecule has 2 heterocycles. The Morgan fingerprint density at radius 2 is 1.09 bits per heavy atom. The number of carbonyl (C=O) groups excluding carboxylic acids is 3. The second-order valence-electron chi connectivity index (χ2n) is 14.8. The minimum absolute atomic E-state index is 0.123. The molecule has 0 aliphatic carbocycles.